The number of likely N-dealkylation sites (tertiary alicyclic amines) is 1. The number of nitrogens with one attached hydrogen (secondary N) is 2. The van der Waals surface area contributed by atoms with Crippen molar-refractivity contribution < 1.29 is 9.59 Å². The molecule has 164 valence electrons. The molecule has 0 unspecified atom stereocenters. The van der Waals surface area contributed by atoms with Crippen LogP contribution in [0.2, 0.25) is 5.02 Å². The summed E-state index contributed by atoms with van der Waals surface area (Å²) in [4.78, 5) is 31.7. The van der Waals surface area contributed by atoms with Crippen LogP contribution in [-0.4, -0.2) is 50.3 Å². The Labute approximate surface area is 190 Å². The number of carbonyl (C=O) groups excluding carboxylic acids is 2. The number of carbonyl (C=O) groups is 2. The van der Waals surface area contributed by atoms with E-state index < -0.39 is 5.91 Å². The fourth-order valence-corrected chi connectivity index (χ4v) is 3.80. The number of aryl methyl sites for hydroxylation is 1. The maximum absolute atomic E-state index is 12.9. The Morgan fingerprint density at radius 1 is 1.06 bits per heavy atom. The smallest absolute Gasteiger partial charge is 0.260 e. The largest absolute Gasteiger partial charge is 0.357 e. The van der Waals surface area contributed by atoms with E-state index in [1.807, 2.05) is 4.90 Å². The zero-order chi connectivity index (χ0) is 22.7. The minimum Gasteiger partial charge on any atom is -0.357 e. The van der Waals surface area contributed by atoms with E-state index in [0.717, 1.165) is 31.5 Å². The first kappa shape index (κ1) is 21.7. The Bertz CT molecular complexity index is 1150. The number of halogens is 1. The van der Waals surface area contributed by atoms with E-state index in [1.165, 1.54) is 17.1 Å². The quantitative estimate of drug-likeness (QED) is 0.339. The number of amidine groups is 1. The lowest BCUT2D eigenvalue weighted by Crippen LogP contribution is -2.27. The van der Waals surface area contributed by atoms with E-state index in [2.05, 4.69) is 15.4 Å². The SMILES string of the molecule is Cn1ncc(C(=O)Nc2ccc(Cl)cn2)c1CC(=O)c1ccc(C(=N)N2CCCC2)cc1. The van der Waals surface area contributed by atoms with Crippen LogP contribution in [0.25, 0.3) is 0 Å². The van der Waals surface area contributed by atoms with Gasteiger partial charge in [0, 0.05) is 37.5 Å². The Morgan fingerprint density at radius 2 is 1.75 bits per heavy atom. The maximum Gasteiger partial charge on any atom is 0.260 e. The molecule has 4 rings (SSSR count). The second-order valence-corrected chi connectivity index (χ2v) is 8.10. The van der Waals surface area contributed by atoms with Crippen molar-refractivity contribution in [2.24, 2.45) is 7.05 Å². The molecule has 2 aromatic heterocycles. The van der Waals surface area contributed by atoms with Gasteiger partial charge in [0.2, 0.25) is 0 Å². The van der Waals surface area contributed by atoms with E-state index in [1.54, 1.807) is 43.4 Å². The number of amides is 1. The van der Waals surface area contributed by atoms with Crippen molar-refractivity contribution in [3.8, 4) is 0 Å². The van der Waals surface area contributed by atoms with Crippen molar-refractivity contribution in [2.45, 2.75) is 19.3 Å². The molecular weight excluding hydrogens is 428 g/mol. The van der Waals surface area contributed by atoms with Crippen LogP contribution < -0.4 is 5.32 Å². The predicted molar refractivity (Wildman–Crippen MR) is 123 cm³/mol. The van der Waals surface area contributed by atoms with Crippen LogP contribution in [0.1, 0.15) is 44.8 Å². The fourth-order valence-electron chi connectivity index (χ4n) is 3.69. The molecule has 0 aliphatic carbocycles. The van der Waals surface area contributed by atoms with Crippen LogP contribution in [0.4, 0.5) is 5.82 Å². The number of anilines is 1. The standard InChI is InChI=1S/C23H23ClN6O2/c1-29-19(18(14-27-29)23(32)28-21-9-8-17(24)13-26-21)12-20(31)15-4-6-16(7-5-15)22(25)30-10-2-3-11-30/h4-9,13-14,25H,2-3,10-12H2,1H3,(H,26,28,32). The highest BCUT2D eigenvalue weighted by Crippen LogP contribution is 2.17. The van der Waals surface area contributed by atoms with Crippen LogP contribution in [0.3, 0.4) is 0 Å². The molecule has 0 spiro atoms. The molecule has 9 heteroatoms. The summed E-state index contributed by atoms with van der Waals surface area (Å²) in [5.74, 6) is 0.316. The Kier molecular flexibility index (Phi) is 6.32. The van der Waals surface area contributed by atoms with Crippen molar-refractivity contribution in [2.75, 3.05) is 18.4 Å². The molecule has 0 radical (unpaired) electrons. The maximum atomic E-state index is 12.9. The summed E-state index contributed by atoms with van der Waals surface area (Å²) in [6.07, 6.45) is 5.11. The molecule has 1 saturated heterocycles. The number of aromatic nitrogens is 3. The second kappa shape index (κ2) is 9.32. The van der Waals surface area contributed by atoms with Gasteiger partial charge in [0.1, 0.15) is 11.7 Å². The first-order valence-corrected chi connectivity index (χ1v) is 10.7. The monoisotopic (exact) mass is 450 g/mol. The molecule has 32 heavy (non-hydrogen) atoms. The van der Waals surface area contributed by atoms with Crippen molar-refractivity contribution in [1.82, 2.24) is 19.7 Å². The third-order valence-electron chi connectivity index (χ3n) is 5.51. The van der Waals surface area contributed by atoms with E-state index >= 15 is 0 Å². The van der Waals surface area contributed by atoms with Gasteiger partial charge in [-0.3, -0.25) is 19.7 Å². The lowest BCUT2D eigenvalue weighted by atomic mass is 10.0. The number of nitrogens with zero attached hydrogens (tertiary/aromatic N) is 4. The summed E-state index contributed by atoms with van der Waals surface area (Å²) in [6, 6.07) is 10.3. The van der Waals surface area contributed by atoms with Crippen molar-refractivity contribution in [3.05, 3.63) is 76.2 Å². The molecule has 0 atom stereocenters. The minimum absolute atomic E-state index is 0.0240. The van der Waals surface area contributed by atoms with E-state index in [9.17, 15) is 9.59 Å². The molecule has 0 bridgehead atoms. The van der Waals surface area contributed by atoms with Gasteiger partial charge in [0.25, 0.3) is 5.91 Å². The number of hydrogen-bond donors (Lipinski definition) is 2. The summed E-state index contributed by atoms with van der Waals surface area (Å²) in [7, 11) is 1.69. The van der Waals surface area contributed by atoms with Gasteiger partial charge in [-0.2, -0.15) is 5.10 Å². The number of hydrogen-bond acceptors (Lipinski definition) is 5. The molecule has 8 nitrogen and oxygen atoms in total. The number of rotatable bonds is 6. The van der Waals surface area contributed by atoms with Crippen LogP contribution in [-0.2, 0) is 13.5 Å². The van der Waals surface area contributed by atoms with E-state index in [-0.39, 0.29) is 12.2 Å². The van der Waals surface area contributed by atoms with E-state index in [0.29, 0.717) is 33.5 Å². The molecule has 1 aliphatic heterocycles. The molecule has 2 N–H and O–H groups in total. The normalized spacial score (nSPS) is 13.2. The highest BCUT2D eigenvalue weighted by molar-refractivity contribution is 6.30. The topological polar surface area (TPSA) is 104 Å². The fraction of sp³-hybridized carbons (Fsp3) is 0.261. The summed E-state index contributed by atoms with van der Waals surface area (Å²) >= 11 is 5.83. The third kappa shape index (κ3) is 4.70. The van der Waals surface area contributed by atoms with Gasteiger partial charge in [0.05, 0.1) is 28.9 Å². The summed E-state index contributed by atoms with van der Waals surface area (Å²) in [5.41, 5.74) is 2.13. The predicted octanol–water partition coefficient (Wildman–Crippen LogP) is 3.57. The molecule has 1 aliphatic rings. The highest BCUT2D eigenvalue weighted by atomic mass is 35.5. The van der Waals surface area contributed by atoms with Gasteiger partial charge in [0.15, 0.2) is 5.78 Å². The summed E-state index contributed by atoms with van der Waals surface area (Å²) in [5, 5.41) is 15.7. The summed E-state index contributed by atoms with van der Waals surface area (Å²) < 4.78 is 1.53. The van der Waals surface area contributed by atoms with Crippen LogP contribution >= 0.6 is 11.6 Å². The van der Waals surface area contributed by atoms with Gasteiger partial charge >= 0.3 is 0 Å². The molecule has 3 heterocycles. The average molecular weight is 451 g/mol. The van der Waals surface area contributed by atoms with Crippen LogP contribution in [0.15, 0.2) is 48.8 Å². The minimum atomic E-state index is -0.398. The number of benzene rings is 1. The van der Waals surface area contributed by atoms with Crippen molar-refractivity contribution in [1.29, 1.82) is 5.41 Å². The molecule has 1 amide bonds. The first-order chi connectivity index (χ1) is 15.4. The zero-order valence-electron chi connectivity index (χ0n) is 17.6. The Hall–Kier alpha value is -3.52. The van der Waals surface area contributed by atoms with E-state index in [4.69, 9.17) is 17.0 Å². The van der Waals surface area contributed by atoms with Gasteiger partial charge in [-0.15, -0.1) is 0 Å². The summed E-state index contributed by atoms with van der Waals surface area (Å²) in [6.45, 7) is 1.80. The van der Waals surface area contributed by atoms with Crippen LogP contribution in [0.5, 0.6) is 0 Å². The number of Topliss-reactive ketones (excluding diaryl/α,β-unsaturated/α-hetero) is 1. The van der Waals surface area contributed by atoms with Gasteiger partial charge in [-0.1, -0.05) is 35.9 Å². The molecule has 1 aromatic carbocycles. The third-order valence-corrected chi connectivity index (χ3v) is 5.73. The lowest BCUT2D eigenvalue weighted by Gasteiger charge is -2.18. The van der Waals surface area contributed by atoms with Crippen molar-refractivity contribution >= 4 is 34.9 Å². The van der Waals surface area contributed by atoms with Crippen molar-refractivity contribution in [3.63, 3.8) is 0 Å². The molecular formula is C23H23ClN6O2. The molecule has 0 saturated carbocycles. The highest BCUT2D eigenvalue weighted by Gasteiger charge is 2.21. The molecule has 1 fully saturated rings. The second-order valence-electron chi connectivity index (χ2n) is 7.66. The Balaban J connectivity index is 1.46. The zero-order valence-corrected chi connectivity index (χ0v) is 18.4. The molecule has 3 aromatic rings. The van der Waals surface area contributed by atoms with Crippen LogP contribution in [0, 0.1) is 5.41 Å². The lowest BCUT2D eigenvalue weighted by molar-refractivity contribution is 0.0990. The number of pyridine rings is 1. The van der Waals surface area contributed by atoms with Gasteiger partial charge < -0.3 is 10.2 Å². The van der Waals surface area contributed by atoms with Gasteiger partial charge in [-0.05, 0) is 25.0 Å². The first-order valence-electron chi connectivity index (χ1n) is 10.3. The van der Waals surface area contributed by atoms with Gasteiger partial charge in [-0.25, -0.2) is 4.98 Å². The Morgan fingerprint density at radius 3 is 2.41 bits per heavy atom. The average Bonchev–Trinajstić information content (AvgIpc) is 3.46. The number of ketones is 1.